The molecule has 6 heteroatoms. The molecular weight excluding hydrogens is 318 g/mol. The summed E-state index contributed by atoms with van der Waals surface area (Å²) < 4.78 is 17.2. The topological polar surface area (TPSA) is 60.6 Å². The molecule has 3 heterocycles. The Balaban J connectivity index is 1.35. The molecule has 0 N–H and O–H groups in total. The van der Waals surface area contributed by atoms with Crippen molar-refractivity contribution in [2.24, 2.45) is 0 Å². The van der Waals surface area contributed by atoms with Crippen molar-refractivity contribution in [2.45, 2.75) is 12.6 Å². The minimum atomic E-state index is -0.0116. The van der Waals surface area contributed by atoms with Gasteiger partial charge in [-0.25, -0.2) is 0 Å². The predicted molar refractivity (Wildman–Crippen MR) is 92.4 cm³/mol. The second-order valence-corrected chi connectivity index (χ2v) is 6.11. The Bertz CT molecular complexity index is 835. The van der Waals surface area contributed by atoms with Gasteiger partial charge in [-0.2, -0.15) is 0 Å². The largest absolute Gasteiger partial charge is 0.486 e. The van der Waals surface area contributed by atoms with Crippen molar-refractivity contribution in [1.82, 2.24) is 15.0 Å². The van der Waals surface area contributed by atoms with Crippen molar-refractivity contribution < 1.29 is 14.0 Å². The number of nitrogens with zero attached hydrogens (tertiary/aromatic N) is 3. The molecule has 4 rings (SSSR count). The molecule has 1 aliphatic heterocycles. The molecule has 0 fully saturated rings. The van der Waals surface area contributed by atoms with Crippen LogP contribution in [0.5, 0.6) is 11.5 Å². The highest BCUT2D eigenvalue weighted by atomic mass is 16.6. The van der Waals surface area contributed by atoms with E-state index in [1.54, 1.807) is 12.4 Å². The van der Waals surface area contributed by atoms with Gasteiger partial charge in [-0.3, -0.25) is 9.88 Å². The van der Waals surface area contributed by atoms with Crippen LogP contribution in [0.25, 0.3) is 11.3 Å². The highest BCUT2D eigenvalue weighted by molar-refractivity contribution is 5.57. The fourth-order valence-corrected chi connectivity index (χ4v) is 2.88. The van der Waals surface area contributed by atoms with Crippen molar-refractivity contribution in [3.05, 3.63) is 60.6 Å². The molecule has 1 atom stereocenters. The van der Waals surface area contributed by atoms with Crippen LogP contribution in [0.2, 0.25) is 0 Å². The summed E-state index contributed by atoms with van der Waals surface area (Å²) >= 11 is 0. The molecule has 2 aromatic heterocycles. The zero-order valence-corrected chi connectivity index (χ0v) is 14.0. The number of hydrogen-bond donors (Lipinski definition) is 0. The number of likely N-dealkylation sites (N-methyl/N-ethyl adjacent to an activating group) is 1. The molecule has 0 spiro atoms. The summed E-state index contributed by atoms with van der Waals surface area (Å²) in [4.78, 5) is 6.15. The van der Waals surface area contributed by atoms with Crippen molar-refractivity contribution in [3.63, 3.8) is 0 Å². The second kappa shape index (κ2) is 6.94. The molecule has 0 bridgehead atoms. The third-order valence-electron chi connectivity index (χ3n) is 4.04. The molecule has 0 saturated carbocycles. The molecular formula is C19H19N3O3. The Morgan fingerprint density at radius 1 is 1.12 bits per heavy atom. The van der Waals surface area contributed by atoms with Gasteiger partial charge in [0.15, 0.2) is 17.3 Å². The van der Waals surface area contributed by atoms with Crippen molar-refractivity contribution in [3.8, 4) is 22.8 Å². The Morgan fingerprint density at radius 3 is 2.76 bits per heavy atom. The van der Waals surface area contributed by atoms with Gasteiger partial charge in [0.25, 0.3) is 0 Å². The van der Waals surface area contributed by atoms with Crippen LogP contribution in [-0.2, 0) is 6.54 Å². The van der Waals surface area contributed by atoms with Crippen LogP contribution < -0.4 is 9.47 Å². The smallest absolute Gasteiger partial charge is 0.161 e. The molecule has 1 aromatic carbocycles. The summed E-state index contributed by atoms with van der Waals surface area (Å²) in [7, 11) is 2.03. The summed E-state index contributed by atoms with van der Waals surface area (Å²) in [6, 6.07) is 13.5. The fraction of sp³-hybridized carbons (Fsp3) is 0.263. The average Bonchev–Trinajstić information content (AvgIpc) is 3.10. The van der Waals surface area contributed by atoms with Gasteiger partial charge in [-0.05, 0) is 31.3 Å². The molecule has 0 aliphatic carbocycles. The number of ether oxygens (including phenoxy) is 2. The lowest BCUT2D eigenvalue weighted by Crippen LogP contribution is -2.39. The number of pyridine rings is 1. The molecule has 0 radical (unpaired) electrons. The van der Waals surface area contributed by atoms with Crippen LogP contribution in [-0.4, -0.2) is 41.3 Å². The van der Waals surface area contributed by atoms with E-state index in [4.69, 9.17) is 14.0 Å². The molecule has 6 nitrogen and oxygen atoms in total. The SMILES string of the molecule is CN(Cc1cc(-c2ccncc2)no1)CC1COc2ccccc2O1. The van der Waals surface area contributed by atoms with Crippen molar-refractivity contribution in [1.29, 1.82) is 0 Å². The predicted octanol–water partition coefficient (Wildman–Crippen LogP) is 3.01. The molecule has 128 valence electrons. The third kappa shape index (κ3) is 3.64. The Morgan fingerprint density at radius 2 is 1.92 bits per heavy atom. The first-order valence-electron chi connectivity index (χ1n) is 8.21. The first-order valence-corrected chi connectivity index (χ1v) is 8.21. The summed E-state index contributed by atoms with van der Waals surface area (Å²) in [6.07, 6.45) is 3.48. The highest BCUT2D eigenvalue weighted by Crippen LogP contribution is 2.31. The maximum Gasteiger partial charge on any atom is 0.161 e. The van der Waals surface area contributed by atoms with Gasteiger partial charge < -0.3 is 14.0 Å². The number of hydrogen-bond acceptors (Lipinski definition) is 6. The normalized spacial score (nSPS) is 16.2. The Hall–Kier alpha value is -2.86. The lowest BCUT2D eigenvalue weighted by molar-refractivity contribution is 0.0618. The molecule has 25 heavy (non-hydrogen) atoms. The van der Waals surface area contributed by atoms with E-state index in [0.717, 1.165) is 35.1 Å². The minimum Gasteiger partial charge on any atom is -0.486 e. The first kappa shape index (κ1) is 15.7. The Kier molecular flexibility index (Phi) is 4.35. The number of fused-ring (bicyclic) bond motifs is 1. The quantitative estimate of drug-likeness (QED) is 0.713. The van der Waals surface area contributed by atoms with Crippen LogP contribution in [0.15, 0.2) is 59.4 Å². The zero-order chi connectivity index (χ0) is 17.1. The van der Waals surface area contributed by atoms with E-state index in [1.165, 1.54) is 0 Å². The lowest BCUT2D eigenvalue weighted by atomic mass is 10.2. The lowest BCUT2D eigenvalue weighted by Gasteiger charge is -2.29. The molecule has 3 aromatic rings. The monoisotopic (exact) mass is 337 g/mol. The van der Waals surface area contributed by atoms with E-state index in [0.29, 0.717) is 13.2 Å². The van der Waals surface area contributed by atoms with Gasteiger partial charge in [0.1, 0.15) is 18.4 Å². The number of para-hydroxylation sites is 2. The van der Waals surface area contributed by atoms with Crippen LogP contribution >= 0.6 is 0 Å². The van der Waals surface area contributed by atoms with Gasteiger partial charge in [0, 0.05) is 30.6 Å². The Labute approximate surface area is 146 Å². The summed E-state index contributed by atoms with van der Waals surface area (Å²) in [5.41, 5.74) is 1.81. The molecule has 0 amide bonds. The summed E-state index contributed by atoms with van der Waals surface area (Å²) in [5.74, 6) is 2.41. The average molecular weight is 337 g/mol. The molecule has 0 saturated heterocycles. The van der Waals surface area contributed by atoms with Gasteiger partial charge in [-0.1, -0.05) is 17.3 Å². The first-order chi connectivity index (χ1) is 12.3. The van der Waals surface area contributed by atoms with E-state index in [1.807, 2.05) is 49.5 Å². The standard InChI is InChI=1S/C19H19N3O3/c1-22(12-16-13-23-18-4-2-3-5-19(18)24-16)11-15-10-17(21-25-15)14-6-8-20-9-7-14/h2-10,16H,11-13H2,1H3. The maximum absolute atomic E-state index is 5.99. The maximum atomic E-state index is 5.99. The molecule has 1 aliphatic rings. The van der Waals surface area contributed by atoms with Gasteiger partial charge >= 0.3 is 0 Å². The van der Waals surface area contributed by atoms with E-state index < -0.39 is 0 Å². The van der Waals surface area contributed by atoms with Crippen molar-refractivity contribution in [2.75, 3.05) is 20.2 Å². The van der Waals surface area contributed by atoms with Crippen LogP contribution in [0.3, 0.4) is 0 Å². The van der Waals surface area contributed by atoms with Gasteiger partial charge in [0.2, 0.25) is 0 Å². The van der Waals surface area contributed by atoms with Crippen LogP contribution in [0.1, 0.15) is 5.76 Å². The van der Waals surface area contributed by atoms with E-state index in [9.17, 15) is 0 Å². The fourth-order valence-electron chi connectivity index (χ4n) is 2.88. The molecule has 1 unspecified atom stereocenters. The minimum absolute atomic E-state index is 0.0116. The third-order valence-corrected chi connectivity index (χ3v) is 4.04. The van der Waals surface area contributed by atoms with E-state index >= 15 is 0 Å². The van der Waals surface area contributed by atoms with E-state index in [-0.39, 0.29) is 6.10 Å². The van der Waals surface area contributed by atoms with Crippen LogP contribution in [0.4, 0.5) is 0 Å². The van der Waals surface area contributed by atoms with E-state index in [2.05, 4.69) is 15.0 Å². The second-order valence-electron chi connectivity index (χ2n) is 6.11. The van der Waals surface area contributed by atoms with Gasteiger partial charge in [-0.15, -0.1) is 0 Å². The number of benzene rings is 1. The van der Waals surface area contributed by atoms with Crippen molar-refractivity contribution >= 4 is 0 Å². The van der Waals surface area contributed by atoms with Crippen LogP contribution in [0, 0.1) is 0 Å². The highest BCUT2D eigenvalue weighted by Gasteiger charge is 2.22. The summed E-state index contributed by atoms with van der Waals surface area (Å²) in [6.45, 7) is 1.93. The number of aromatic nitrogens is 2. The summed E-state index contributed by atoms with van der Waals surface area (Å²) in [5, 5.41) is 4.13. The number of rotatable bonds is 5. The zero-order valence-electron chi connectivity index (χ0n) is 14.0. The van der Waals surface area contributed by atoms with Gasteiger partial charge in [0.05, 0.1) is 6.54 Å².